The van der Waals surface area contributed by atoms with Gasteiger partial charge in [0, 0.05) is 12.6 Å². The molecule has 6 nitrogen and oxygen atoms in total. The van der Waals surface area contributed by atoms with Crippen molar-refractivity contribution < 1.29 is 12.8 Å². The zero-order valence-corrected chi connectivity index (χ0v) is 13.4. The SMILES string of the molecule is Cc1nc(N)cc([C@@H]2CCCN2S(=O)(=O)c2ccc(F)cc2)n1. The number of nitrogen functional groups attached to an aromatic ring is 1. The summed E-state index contributed by atoms with van der Waals surface area (Å²) < 4.78 is 40.1. The molecule has 0 bridgehead atoms. The van der Waals surface area contributed by atoms with E-state index in [4.69, 9.17) is 5.73 Å². The summed E-state index contributed by atoms with van der Waals surface area (Å²) in [6, 6.07) is 6.07. The molecule has 1 aromatic carbocycles. The molecule has 2 heterocycles. The second-order valence-electron chi connectivity index (χ2n) is 5.49. The number of sulfonamides is 1. The summed E-state index contributed by atoms with van der Waals surface area (Å²) in [6.07, 6.45) is 1.39. The van der Waals surface area contributed by atoms with Crippen LogP contribution in [0.4, 0.5) is 10.2 Å². The summed E-state index contributed by atoms with van der Waals surface area (Å²) in [5.74, 6) is 0.352. The van der Waals surface area contributed by atoms with Crippen molar-refractivity contribution in [3.63, 3.8) is 0 Å². The number of nitrogens with two attached hydrogens (primary N) is 1. The molecular weight excluding hydrogens is 319 g/mol. The molecule has 1 aliphatic heterocycles. The van der Waals surface area contributed by atoms with Crippen LogP contribution in [0.15, 0.2) is 35.2 Å². The molecule has 0 aliphatic carbocycles. The number of hydrogen-bond donors (Lipinski definition) is 1. The Morgan fingerprint density at radius 3 is 2.61 bits per heavy atom. The molecule has 0 unspecified atom stereocenters. The highest BCUT2D eigenvalue weighted by molar-refractivity contribution is 7.89. The second kappa shape index (κ2) is 5.86. The monoisotopic (exact) mass is 336 g/mol. The van der Waals surface area contributed by atoms with Crippen LogP contribution < -0.4 is 5.73 Å². The number of aryl methyl sites for hydroxylation is 1. The van der Waals surface area contributed by atoms with Crippen molar-refractivity contribution in [3.8, 4) is 0 Å². The van der Waals surface area contributed by atoms with E-state index in [0.717, 1.165) is 18.6 Å². The largest absolute Gasteiger partial charge is 0.384 e. The predicted octanol–water partition coefficient (Wildman–Crippen LogP) is 2.03. The Kier molecular flexibility index (Phi) is 4.03. The summed E-state index contributed by atoms with van der Waals surface area (Å²) in [5.41, 5.74) is 6.34. The topological polar surface area (TPSA) is 89.2 Å². The molecular formula is C15H17FN4O2S. The van der Waals surface area contributed by atoms with Crippen LogP contribution in [0.1, 0.15) is 30.4 Å². The minimum atomic E-state index is -3.71. The maximum absolute atomic E-state index is 13.0. The van der Waals surface area contributed by atoms with Gasteiger partial charge in [0.05, 0.1) is 16.6 Å². The summed E-state index contributed by atoms with van der Waals surface area (Å²) in [6.45, 7) is 2.11. The van der Waals surface area contributed by atoms with Crippen LogP contribution in [-0.4, -0.2) is 29.2 Å². The van der Waals surface area contributed by atoms with Crippen molar-refractivity contribution in [2.75, 3.05) is 12.3 Å². The molecule has 23 heavy (non-hydrogen) atoms. The number of benzene rings is 1. The lowest BCUT2D eigenvalue weighted by atomic mass is 10.1. The number of halogens is 1. The lowest BCUT2D eigenvalue weighted by molar-refractivity contribution is 0.389. The van der Waals surface area contributed by atoms with Crippen molar-refractivity contribution in [1.29, 1.82) is 0 Å². The summed E-state index contributed by atoms with van der Waals surface area (Å²) >= 11 is 0. The van der Waals surface area contributed by atoms with E-state index in [2.05, 4.69) is 9.97 Å². The van der Waals surface area contributed by atoms with Crippen LogP contribution in [0.5, 0.6) is 0 Å². The van der Waals surface area contributed by atoms with Gasteiger partial charge < -0.3 is 5.73 Å². The van der Waals surface area contributed by atoms with Gasteiger partial charge in [-0.3, -0.25) is 0 Å². The molecule has 0 spiro atoms. The minimum absolute atomic E-state index is 0.0737. The number of hydrogen-bond acceptors (Lipinski definition) is 5. The zero-order chi connectivity index (χ0) is 16.6. The van der Waals surface area contributed by atoms with E-state index in [0.29, 0.717) is 30.3 Å². The molecule has 1 atom stereocenters. The fourth-order valence-corrected chi connectivity index (χ4v) is 4.52. The maximum atomic E-state index is 13.0. The summed E-state index contributed by atoms with van der Waals surface area (Å²) in [7, 11) is -3.71. The highest BCUT2D eigenvalue weighted by Crippen LogP contribution is 2.36. The molecule has 1 fully saturated rings. The van der Waals surface area contributed by atoms with Crippen LogP contribution >= 0.6 is 0 Å². The van der Waals surface area contributed by atoms with Gasteiger partial charge in [0.1, 0.15) is 17.5 Å². The van der Waals surface area contributed by atoms with Gasteiger partial charge in [-0.15, -0.1) is 0 Å². The Hall–Kier alpha value is -2.06. The second-order valence-corrected chi connectivity index (χ2v) is 7.38. The minimum Gasteiger partial charge on any atom is -0.384 e. The van der Waals surface area contributed by atoms with Crippen molar-refractivity contribution >= 4 is 15.8 Å². The molecule has 1 aliphatic rings. The first-order chi connectivity index (χ1) is 10.9. The standard InChI is InChI=1S/C15H17FN4O2S/c1-10-18-13(9-15(17)19-10)14-3-2-8-20(14)23(21,22)12-6-4-11(16)5-7-12/h4-7,9,14H,2-3,8H2,1H3,(H2,17,18,19)/t14-/m0/s1. The van der Waals surface area contributed by atoms with Crippen LogP contribution in [0.2, 0.25) is 0 Å². The maximum Gasteiger partial charge on any atom is 0.243 e. The summed E-state index contributed by atoms with van der Waals surface area (Å²) in [5, 5.41) is 0. The Bertz CT molecular complexity index is 804. The Labute approximate surface area is 134 Å². The van der Waals surface area contributed by atoms with Gasteiger partial charge in [0.25, 0.3) is 0 Å². The van der Waals surface area contributed by atoms with Gasteiger partial charge in [0.15, 0.2) is 0 Å². The van der Waals surface area contributed by atoms with Crippen LogP contribution in [0.25, 0.3) is 0 Å². The quantitative estimate of drug-likeness (QED) is 0.926. The number of aromatic nitrogens is 2. The molecule has 2 N–H and O–H groups in total. The van der Waals surface area contributed by atoms with E-state index in [1.807, 2.05) is 0 Å². The highest BCUT2D eigenvalue weighted by Gasteiger charge is 2.37. The third kappa shape index (κ3) is 3.04. The van der Waals surface area contributed by atoms with Crippen molar-refractivity contribution in [3.05, 3.63) is 47.7 Å². The van der Waals surface area contributed by atoms with Crippen molar-refractivity contribution in [2.45, 2.75) is 30.7 Å². The van der Waals surface area contributed by atoms with Crippen LogP contribution in [0, 0.1) is 12.7 Å². The first-order valence-electron chi connectivity index (χ1n) is 7.26. The first-order valence-corrected chi connectivity index (χ1v) is 8.70. The van der Waals surface area contributed by atoms with Gasteiger partial charge in [-0.2, -0.15) is 4.31 Å². The van der Waals surface area contributed by atoms with Gasteiger partial charge in [-0.05, 0) is 44.0 Å². The number of anilines is 1. The van der Waals surface area contributed by atoms with Gasteiger partial charge in [-0.25, -0.2) is 22.8 Å². The Morgan fingerprint density at radius 1 is 1.26 bits per heavy atom. The highest BCUT2D eigenvalue weighted by atomic mass is 32.2. The predicted molar refractivity (Wildman–Crippen MR) is 83.4 cm³/mol. The number of nitrogens with zero attached hydrogens (tertiary/aromatic N) is 3. The molecule has 1 saturated heterocycles. The van der Waals surface area contributed by atoms with E-state index in [1.54, 1.807) is 13.0 Å². The molecule has 0 saturated carbocycles. The smallest absolute Gasteiger partial charge is 0.243 e. The van der Waals surface area contributed by atoms with Gasteiger partial charge in [-0.1, -0.05) is 0 Å². The third-order valence-electron chi connectivity index (χ3n) is 3.84. The molecule has 3 rings (SSSR count). The molecule has 122 valence electrons. The molecule has 8 heteroatoms. The molecule has 0 amide bonds. The Morgan fingerprint density at radius 2 is 1.96 bits per heavy atom. The fraction of sp³-hybridized carbons (Fsp3) is 0.333. The lowest BCUT2D eigenvalue weighted by Crippen LogP contribution is -2.31. The van der Waals surface area contributed by atoms with E-state index in [-0.39, 0.29) is 10.9 Å². The fourth-order valence-electron chi connectivity index (χ4n) is 2.85. The van der Waals surface area contributed by atoms with Gasteiger partial charge >= 0.3 is 0 Å². The van der Waals surface area contributed by atoms with Crippen molar-refractivity contribution in [2.24, 2.45) is 0 Å². The normalized spacial score (nSPS) is 19.1. The average molecular weight is 336 g/mol. The van der Waals surface area contributed by atoms with E-state index in [9.17, 15) is 12.8 Å². The van der Waals surface area contributed by atoms with Crippen LogP contribution in [-0.2, 0) is 10.0 Å². The van der Waals surface area contributed by atoms with Crippen molar-refractivity contribution in [1.82, 2.24) is 14.3 Å². The van der Waals surface area contributed by atoms with E-state index < -0.39 is 15.8 Å². The molecule has 2 aromatic rings. The Balaban J connectivity index is 1.99. The van der Waals surface area contributed by atoms with E-state index >= 15 is 0 Å². The number of rotatable bonds is 3. The molecule has 1 aromatic heterocycles. The average Bonchev–Trinajstić information content (AvgIpc) is 2.97. The summed E-state index contributed by atoms with van der Waals surface area (Å²) in [4.78, 5) is 8.42. The first kappa shape index (κ1) is 15.8. The third-order valence-corrected chi connectivity index (χ3v) is 5.77. The van der Waals surface area contributed by atoms with E-state index in [1.165, 1.54) is 16.4 Å². The van der Waals surface area contributed by atoms with Gasteiger partial charge in [0.2, 0.25) is 10.0 Å². The lowest BCUT2D eigenvalue weighted by Gasteiger charge is -2.24. The van der Waals surface area contributed by atoms with Crippen LogP contribution in [0.3, 0.4) is 0 Å². The molecule has 0 radical (unpaired) electrons. The zero-order valence-electron chi connectivity index (χ0n) is 12.6.